The predicted octanol–water partition coefficient (Wildman–Crippen LogP) is 2.10. The van der Waals surface area contributed by atoms with E-state index in [1.165, 1.54) is 31.4 Å². The van der Waals surface area contributed by atoms with Gasteiger partial charge >= 0.3 is 17.9 Å². The molecule has 2 aromatic rings. The number of ether oxygens (including phenoxy) is 3. The average molecular weight is 409 g/mol. The van der Waals surface area contributed by atoms with Gasteiger partial charge in [-0.05, 0) is 23.8 Å². The average Bonchev–Trinajstić information content (AvgIpc) is 3.06. The van der Waals surface area contributed by atoms with Crippen LogP contribution in [0, 0.1) is 5.21 Å². The number of benzene rings is 2. The summed E-state index contributed by atoms with van der Waals surface area (Å²) in [5.41, 5.74) is -1.34. The standard InChI is InChI=1S/C22H19NO7/c1-28-18(24)13-12-14-8-4-5-9-15(14)19-22(20(25)29-2,21(26)30-3)16-10-6-7-11-17(16)23(19)27/h4-13H,1-3H3/b13-12+. The van der Waals surface area contributed by atoms with Crippen LogP contribution in [0.15, 0.2) is 54.6 Å². The van der Waals surface area contributed by atoms with Gasteiger partial charge in [0.25, 0.3) is 5.41 Å². The molecule has 0 N–H and O–H groups in total. The molecule has 0 spiro atoms. The summed E-state index contributed by atoms with van der Waals surface area (Å²) in [6, 6.07) is 12.8. The van der Waals surface area contributed by atoms with Gasteiger partial charge in [-0.25, -0.2) is 14.4 Å². The number of hydrogen-bond donors (Lipinski definition) is 0. The van der Waals surface area contributed by atoms with Gasteiger partial charge < -0.3 is 19.4 Å². The van der Waals surface area contributed by atoms with Crippen molar-refractivity contribution in [3.05, 3.63) is 76.5 Å². The maximum absolute atomic E-state index is 13.3. The fourth-order valence-electron chi connectivity index (χ4n) is 3.57. The van der Waals surface area contributed by atoms with Gasteiger partial charge in [0.15, 0.2) is 0 Å². The summed E-state index contributed by atoms with van der Waals surface area (Å²) in [6.45, 7) is 0. The molecule has 30 heavy (non-hydrogen) atoms. The smallest absolute Gasteiger partial charge is 0.339 e. The quantitative estimate of drug-likeness (QED) is 0.186. The van der Waals surface area contributed by atoms with Gasteiger partial charge in [0.1, 0.15) is 0 Å². The number of rotatable bonds is 5. The maximum Gasteiger partial charge on any atom is 0.339 e. The summed E-state index contributed by atoms with van der Waals surface area (Å²) < 4.78 is 15.0. The van der Waals surface area contributed by atoms with Crippen LogP contribution in [-0.2, 0) is 34.0 Å². The van der Waals surface area contributed by atoms with Crippen LogP contribution in [0.1, 0.15) is 16.7 Å². The summed E-state index contributed by atoms with van der Waals surface area (Å²) in [6.07, 6.45) is 2.61. The SMILES string of the molecule is COC(=O)/C=C/c1ccccc1C1=[N+]([O-])c2ccccc2C1(C(=O)OC)C(=O)OC. The number of fused-ring (bicyclic) bond motifs is 1. The van der Waals surface area contributed by atoms with E-state index < -0.39 is 23.3 Å². The molecular formula is C22H19NO7. The molecule has 154 valence electrons. The van der Waals surface area contributed by atoms with E-state index in [1.54, 1.807) is 36.4 Å². The van der Waals surface area contributed by atoms with Crippen molar-refractivity contribution in [1.82, 2.24) is 0 Å². The Bertz CT molecular complexity index is 1070. The van der Waals surface area contributed by atoms with E-state index in [9.17, 15) is 19.6 Å². The maximum atomic E-state index is 13.3. The van der Waals surface area contributed by atoms with Crippen molar-refractivity contribution >= 4 is 35.4 Å². The van der Waals surface area contributed by atoms with Gasteiger partial charge in [0, 0.05) is 12.1 Å². The second kappa shape index (κ2) is 8.20. The van der Waals surface area contributed by atoms with Gasteiger partial charge in [-0.3, -0.25) is 0 Å². The van der Waals surface area contributed by atoms with Crippen molar-refractivity contribution in [1.29, 1.82) is 0 Å². The van der Waals surface area contributed by atoms with Crippen LogP contribution in [0.25, 0.3) is 6.08 Å². The molecule has 0 fully saturated rings. The fraction of sp³-hybridized carbons (Fsp3) is 0.182. The molecule has 0 unspecified atom stereocenters. The lowest BCUT2D eigenvalue weighted by Crippen LogP contribution is -2.51. The van der Waals surface area contributed by atoms with Crippen molar-refractivity contribution in [3.8, 4) is 0 Å². The van der Waals surface area contributed by atoms with Gasteiger partial charge in [0.2, 0.25) is 11.4 Å². The largest absolute Gasteiger partial charge is 0.618 e. The molecule has 1 aliphatic rings. The van der Waals surface area contributed by atoms with E-state index in [4.69, 9.17) is 9.47 Å². The van der Waals surface area contributed by atoms with E-state index in [1.807, 2.05) is 0 Å². The van der Waals surface area contributed by atoms with Crippen LogP contribution in [-0.4, -0.2) is 49.7 Å². The Morgan fingerprint density at radius 3 is 2.13 bits per heavy atom. The normalized spacial score (nSPS) is 14.4. The highest BCUT2D eigenvalue weighted by Crippen LogP contribution is 2.44. The van der Waals surface area contributed by atoms with Crippen molar-refractivity contribution < 1.29 is 33.3 Å². The van der Waals surface area contributed by atoms with E-state index >= 15 is 0 Å². The highest BCUT2D eigenvalue weighted by Gasteiger charge is 2.65. The van der Waals surface area contributed by atoms with Gasteiger partial charge in [-0.1, -0.05) is 30.3 Å². The van der Waals surface area contributed by atoms with Crippen LogP contribution in [0.4, 0.5) is 5.69 Å². The molecule has 0 aliphatic carbocycles. The zero-order chi connectivity index (χ0) is 21.9. The molecule has 0 saturated carbocycles. The minimum Gasteiger partial charge on any atom is -0.618 e. The third-order valence-corrected chi connectivity index (χ3v) is 4.88. The Labute approximate surface area is 172 Å². The third-order valence-electron chi connectivity index (χ3n) is 4.88. The zero-order valence-electron chi connectivity index (χ0n) is 16.6. The number of nitrogens with zero attached hydrogens (tertiary/aromatic N) is 1. The van der Waals surface area contributed by atoms with E-state index in [0.29, 0.717) is 10.3 Å². The van der Waals surface area contributed by atoms with Crippen LogP contribution >= 0.6 is 0 Å². The van der Waals surface area contributed by atoms with E-state index in [2.05, 4.69) is 4.74 Å². The highest BCUT2D eigenvalue weighted by molar-refractivity contribution is 6.33. The second-order valence-electron chi connectivity index (χ2n) is 6.34. The summed E-state index contributed by atoms with van der Waals surface area (Å²) >= 11 is 0. The Morgan fingerprint density at radius 2 is 1.50 bits per heavy atom. The topological polar surface area (TPSA) is 105 Å². The van der Waals surface area contributed by atoms with Crippen LogP contribution < -0.4 is 0 Å². The fourth-order valence-corrected chi connectivity index (χ4v) is 3.57. The van der Waals surface area contributed by atoms with Crippen LogP contribution in [0.5, 0.6) is 0 Å². The lowest BCUT2D eigenvalue weighted by molar-refractivity contribution is -0.357. The molecule has 1 aliphatic heterocycles. The monoisotopic (exact) mass is 409 g/mol. The molecule has 0 amide bonds. The zero-order valence-corrected chi connectivity index (χ0v) is 16.6. The minimum atomic E-state index is -2.13. The molecule has 1 heterocycles. The number of hydrogen-bond acceptors (Lipinski definition) is 7. The number of esters is 3. The molecule has 0 radical (unpaired) electrons. The van der Waals surface area contributed by atoms with E-state index in [0.717, 1.165) is 14.2 Å². The van der Waals surface area contributed by atoms with Gasteiger partial charge in [-0.2, -0.15) is 4.74 Å². The summed E-state index contributed by atoms with van der Waals surface area (Å²) in [7, 11) is 3.49. The van der Waals surface area contributed by atoms with Crippen molar-refractivity contribution in [2.24, 2.45) is 0 Å². The number of carbonyl (C=O) groups is 3. The molecule has 0 bridgehead atoms. The first-order valence-corrected chi connectivity index (χ1v) is 8.89. The van der Waals surface area contributed by atoms with Crippen LogP contribution in [0.3, 0.4) is 0 Å². The number of carbonyl (C=O) groups excluding carboxylic acids is 3. The lowest BCUT2D eigenvalue weighted by atomic mass is 9.74. The Kier molecular flexibility index (Phi) is 5.68. The summed E-state index contributed by atoms with van der Waals surface area (Å²) in [5.74, 6) is -2.51. The Hall–Kier alpha value is -3.94. The summed E-state index contributed by atoms with van der Waals surface area (Å²) in [4.78, 5) is 37.7. The Morgan fingerprint density at radius 1 is 0.900 bits per heavy atom. The first-order chi connectivity index (χ1) is 14.4. The molecule has 0 aromatic heterocycles. The number of para-hydroxylation sites is 1. The third kappa shape index (κ3) is 3.02. The highest BCUT2D eigenvalue weighted by atomic mass is 16.5. The van der Waals surface area contributed by atoms with Gasteiger partial charge in [0.05, 0.1) is 32.5 Å². The molecule has 2 aromatic carbocycles. The molecule has 8 nitrogen and oxygen atoms in total. The van der Waals surface area contributed by atoms with Crippen molar-refractivity contribution in [2.45, 2.75) is 5.41 Å². The van der Waals surface area contributed by atoms with Gasteiger partial charge in [-0.15, -0.1) is 0 Å². The lowest BCUT2D eigenvalue weighted by Gasteiger charge is -2.23. The molecule has 8 heteroatoms. The first kappa shape index (κ1) is 20.8. The first-order valence-electron chi connectivity index (χ1n) is 8.89. The minimum absolute atomic E-state index is 0.120. The summed E-state index contributed by atoms with van der Waals surface area (Å²) in [5, 5.41) is 13.3. The molecule has 0 saturated heterocycles. The van der Waals surface area contributed by atoms with Crippen molar-refractivity contribution in [2.75, 3.05) is 21.3 Å². The van der Waals surface area contributed by atoms with Crippen molar-refractivity contribution in [3.63, 3.8) is 0 Å². The molecular weight excluding hydrogens is 390 g/mol. The molecule has 3 rings (SSSR count). The molecule has 0 atom stereocenters. The predicted molar refractivity (Wildman–Crippen MR) is 107 cm³/mol. The van der Waals surface area contributed by atoms with Crippen LogP contribution in [0.2, 0.25) is 0 Å². The van der Waals surface area contributed by atoms with E-state index in [-0.39, 0.29) is 22.5 Å². The second-order valence-corrected chi connectivity index (χ2v) is 6.34. The number of methoxy groups -OCH3 is 3. The Balaban J connectivity index is 2.37.